The molecule has 0 aliphatic heterocycles. The molecule has 0 aromatic heterocycles. The lowest BCUT2D eigenvalue weighted by molar-refractivity contribution is 0.442. The average molecular weight is 266 g/mol. The summed E-state index contributed by atoms with van der Waals surface area (Å²) < 4.78 is 19.0. The maximum absolute atomic E-state index is 13.5. The van der Waals surface area contributed by atoms with E-state index < -0.39 is 5.82 Å². The van der Waals surface area contributed by atoms with Crippen LogP contribution in [-0.2, 0) is 6.54 Å². The van der Waals surface area contributed by atoms with Crippen LogP contribution in [0.4, 0.5) is 4.39 Å². The van der Waals surface area contributed by atoms with Gasteiger partial charge >= 0.3 is 0 Å². The molecular weight excluding hydrogens is 253 g/mol. The molecule has 4 heteroatoms. The van der Waals surface area contributed by atoms with Gasteiger partial charge in [-0.2, -0.15) is 0 Å². The topological polar surface area (TPSA) is 35.2 Å². The second-order valence-corrected chi connectivity index (χ2v) is 4.41. The zero-order valence-electron chi connectivity index (χ0n) is 9.91. The van der Waals surface area contributed by atoms with Crippen molar-refractivity contribution < 1.29 is 9.13 Å². The van der Waals surface area contributed by atoms with Crippen LogP contribution in [0, 0.1) is 12.7 Å². The van der Waals surface area contributed by atoms with Crippen molar-refractivity contribution in [3.63, 3.8) is 0 Å². The first-order valence-electron chi connectivity index (χ1n) is 5.52. The Morgan fingerprint density at radius 2 is 1.94 bits per heavy atom. The number of hydrogen-bond donors (Lipinski definition) is 1. The van der Waals surface area contributed by atoms with Crippen molar-refractivity contribution in [2.45, 2.75) is 13.5 Å². The highest BCUT2D eigenvalue weighted by Crippen LogP contribution is 2.31. The summed E-state index contributed by atoms with van der Waals surface area (Å²) in [5.74, 6) is 0.162. The Hall–Kier alpha value is -1.58. The van der Waals surface area contributed by atoms with Gasteiger partial charge in [-0.15, -0.1) is 0 Å². The summed E-state index contributed by atoms with van der Waals surface area (Å²) in [5.41, 5.74) is 7.32. The fourth-order valence-corrected chi connectivity index (χ4v) is 1.80. The second-order valence-electron chi connectivity index (χ2n) is 4.00. The van der Waals surface area contributed by atoms with Gasteiger partial charge in [0.25, 0.3) is 0 Å². The van der Waals surface area contributed by atoms with E-state index in [9.17, 15) is 4.39 Å². The van der Waals surface area contributed by atoms with Crippen LogP contribution >= 0.6 is 11.6 Å². The Kier molecular flexibility index (Phi) is 3.84. The predicted molar refractivity (Wildman–Crippen MR) is 70.6 cm³/mol. The molecule has 0 heterocycles. The SMILES string of the molecule is Cc1ccc(F)c(Oc2ccc(CN)cc2Cl)c1. The van der Waals surface area contributed by atoms with Gasteiger partial charge in [0, 0.05) is 6.54 Å². The van der Waals surface area contributed by atoms with Crippen molar-refractivity contribution in [1.29, 1.82) is 0 Å². The molecule has 0 fully saturated rings. The Morgan fingerprint density at radius 1 is 1.17 bits per heavy atom. The highest BCUT2D eigenvalue weighted by molar-refractivity contribution is 6.32. The molecule has 0 aliphatic rings. The molecule has 2 nitrogen and oxygen atoms in total. The Morgan fingerprint density at radius 3 is 2.61 bits per heavy atom. The van der Waals surface area contributed by atoms with Gasteiger partial charge in [0.15, 0.2) is 11.6 Å². The van der Waals surface area contributed by atoms with Crippen LogP contribution in [0.25, 0.3) is 0 Å². The summed E-state index contributed by atoms with van der Waals surface area (Å²) in [6.07, 6.45) is 0. The van der Waals surface area contributed by atoms with Gasteiger partial charge in [-0.1, -0.05) is 23.7 Å². The molecule has 0 bridgehead atoms. The van der Waals surface area contributed by atoms with Gasteiger partial charge in [0.1, 0.15) is 5.75 Å². The van der Waals surface area contributed by atoms with Crippen LogP contribution in [-0.4, -0.2) is 0 Å². The van der Waals surface area contributed by atoms with E-state index in [0.717, 1.165) is 11.1 Å². The van der Waals surface area contributed by atoms with Crippen molar-refractivity contribution in [3.05, 3.63) is 58.4 Å². The van der Waals surface area contributed by atoms with Gasteiger partial charge in [0.05, 0.1) is 5.02 Å². The van der Waals surface area contributed by atoms with E-state index in [1.807, 2.05) is 6.92 Å². The molecule has 0 unspecified atom stereocenters. The summed E-state index contributed by atoms with van der Waals surface area (Å²) in [5, 5.41) is 0.416. The number of ether oxygens (including phenoxy) is 1. The lowest BCUT2D eigenvalue weighted by Crippen LogP contribution is -1.96. The molecule has 2 aromatic carbocycles. The number of benzene rings is 2. The van der Waals surface area contributed by atoms with E-state index >= 15 is 0 Å². The van der Waals surface area contributed by atoms with E-state index in [2.05, 4.69) is 0 Å². The molecule has 2 N–H and O–H groups in total. The molecule has 0 atom stereocenters. The Labute approximate surface area is 110 Å². The maximum Gasteiger partial charge on any atom is 0.165 e. The molecule has 2 aromatic rings. The lowest BCUT2D eigenvalue weighted by atomic mass is 10.2. The molecule has 0 amide bonds. The first kappa shape index (κ1) is 12.9. The van der Waals surface area contributed by atoms with Crippen LogP contribution in [0.2, 0.25) is 5.02 Å². The van der Waals surface area contributed by atoms with Gasteiger partial charge < -0.3 is 10.5 Å². The second kappa shape index (κ2) is 5.38. The minimum absolute atomic E-state index is 0.164. The predicted octanol–water partition coefficient (Wildman–Crippen LogP) is 4.04. The Balaban J connectivity index is 2.31. The quantitative estimate of drug-likeness (QED) is 0.909. The molecule has 18 heavy (non-hydrogen) atoms. The molecule has 2 rings (SSSR count). The van der Waals surface area contributed by atoms with Crippen LogP contribution in [0.3, 0.4) is 0 Å². The van der Waals surface area contributed by atoms with Gasteiger partial charge in [0.2, 0.25) is 0 Å². The number of aryl methyl sites for hydroxylation is 1. The lowest BCUT2D eigenvalue weighted by Gasteiger charge is -2.10. The summed E-state index contributed by atoms with van der Waals surface area (Å²) >= 11 is 6.05. The molecule has 94 valence electrons. The smallest absolute Gasteiger partial charge is 0.165 e. The fourth-order valence-electron chi connectivity index (χ4n) is 1.56. The highest BCUT2D eigenvalue weighted by Gasteiger charge is 2.08. The highest BCUT2D eigenvalue weighted by atomic mass is 35.5. The third kappa shape index (κ3) is 2.81. The molecule has 0 radical (unpaired) electrons. The minimum atomic E-state index is -0.417. The summed E-state index contributed by atoms with van der Waals surface area (Å²) in [7, 11) is 0. The summed E-state index contributed by atoms with van der Waals surface area (Å²) in [6, 6.07) is 9.88. The fraction of sp³-hybridized carbons (Fsp3) is 0.143. The zero-order valence-corrected chi connectivity index (χ0v) is 10.7. The van der Waals surface area contributed by atoms with Crippen molar-refractivity contribution >= 4 is 11.6 Å². The van der Waals surface area contributed by atoms with Crippen molar-refractivity contribution in [1.82, 2.24) is 0 Å². The first-order chi connectivity index (χ1) is 8.60. The van der Waals surface area contributed by atoms with E-state index in [-0.39, 0.29) is 5.75 Å². The van der Waals surface area contributed by atoms with E-state index in [0.29, 0.717) is 17.3 Å². The number of halogens is 2. The molecular formula is C14H13ClFNO. The van der Waals surface area contributed by atoms with Crippen LogP contribution in [0.1, 0.15) is 11.1 Å². The summed E-state index contributed by atoms with van der Waals surface area (Å²) in [4.78, 5) is 0. The van der Waals surface area contributed by atoms with Crippen molar-refractivity contribution in [2.24, 2.45) is 5.73 Å². The van der Waals surface area contributed by atoms with Gasteiger partial charge in [-0.05, 0) is 42.3 Å². The molecule has 0 aliphatic carbocycles. The van der Waals surface area contributed by atoms with Crippen molar-refractivity contribution in [3.8, 4) is 11.5 Å². The van der Waals surface area contributed by atoms with Crippen LogP contribution in [0.5, 0.6) is 11.5 Å². The van der Waals surface area contributed by atoms with Gasteiger partial charge in [-0.25, -0.2) is 4.39 Å². The number of rotatable bonds is 3. The van der Waals surface area contributed by atoms with Crippen LogP contribution < -0.4 is 10.5 Å². The van der Waals surface area contributed by atoms with E-state index in [1.54, 1.807) is 30.3 Å². The monoisotopic (exact) mass is 265 g/mol. The minimum Gasteiger partial charge on any atom is -0.453 e. The standard InChI is InChI=1S/C14H13ClFNO/c1-9-2-4-12(16)14(6-9)18-13-5-3-10(8-17)7-11(13)15/h2-7H,8,17H2,1H3. The normalized spacial score (nSPS) is 10.4. The number of nitrogens with two attached hydrogens (primary N) is 1. The Bertz CT molecular complexity index is 572. The van der Waals surface area contributed by atoms with Crippen LogP contribution in [0.15, 0.2) is 36.4 Å². The largest absolute Gasteiger partial charge is 0.453 e. The van der Waals surface area contributed by atoms with E-state index in [4.69, 9.17) is 22.1 Å². The van der Waals surface area contributed by atoms with Crippen molar-refractivity contribution in [2.75, 3.05) is 0 Å². The zero-order chi connectivity index (χ0) is 13.1. The average Bonchev–Trinajstić information content (AvgIpc) is 2.36. The summed E-state index contributed by atoms with van der Waals surface area (Å²) in [6.45, 7) is 2.27. The third-order valence-electron chi connectivity index (χ3n) is 2.54. The van der Waals surface area contributed by atoms with Gasteiger partial charge in [-0.3, -0.25) is 0 Å². The molecule has 0 spiro atoms. The number of hydrogen-bond acceptors (Lipinski definition) is 2. The first-order valence-corrected chi connectivity index (χ1v) is 5.90. The third-order valence-corrected chi connectivity index (χ3v) is 2.83. The molecule has 0 saturated heterocycles. The maximum atomic E-state index is 13.5. The van der Waals surface area contributed by atoms with E-state index in [1.165, 1.54) is 6.07 Å². The molecule has 0 saturated carbocycles.